The van der Waals surface area contributed by atoms with Crippen molar-refractivity contribution in [3.63, 3.8) is 0 Å². The van der Waals surface area contributed by atoms with Crippen LogP contribution in [-0.4, -0.2) is 17.6 Å². The Morgan fingerprint density at radius 1 is 1.21 bits per heavy atom. The van der Waals surface area contributed by atoms with Gasteiger partial charge in [0.05, 0.1) is 6.04 Å². The summed E-state index contributed by atoms with van der Waals surface area (Å²) < 4.78 is 5.59. The van der Waals surface area contributed by atoms with Crippen molar-refractivity contribution in [3.05, 3.63) is 65.4 Å². The third-order valence-corrected chi connectivity index (χ3v) is 4.83. The lowest BCUT2D eigenvalue weighted by molar-refractivity contribution is 0.0697. The maximum absolute atomic E-state index is 11.5. The lowest BCUT2D eigenvalue weighted by Crippen LogP contribution is -2.22. The number of benzene rings is 2. The molecule has 24 heavy (non-hydrogen) atoms. The van der Waals surface area contributed by atoms with E-state index in [1.165, 1.54) is 5.56 Å². The Bertz CT molecular complexity index is 898. The minimum atomic E-state index is -0.940. The predicted octanol–water partition coefficient (Wildman–Crippen LogP) is 4.78. The van der Waals surface area contributed by atoms with Crippen molar-refractivity contribution in [1.29, 1.82) is 0 Å². The van der Waals surface area contributed by atoms with Crippen LogP contribution in [0.2, 0.25) is 0 Å². The van der Waals surface area contributed by atoms with E-state index >= 15 is 0 Å². The Kier molecular flexibility index (Phi) is 3.53. The summed E-state index contributed by atoms with van der Waals surface area (Å²) in [6.07, 6.45) is 2.24. The van der Waals surface area contributed by atoms with E-state index in [9.17, 15) is 9.90 Å². The Balaban J connectivity index is 1.78. The van der Waals surface area contributed by atoms with Gasteiger partial charge in [-0.25, -0.2) is 4.79 Å². The molecular formula is C20H19NO3. The molecule has 122 valence electrons. The molecule has 1 unspecified atom stereocenters. The van der Waals surface area contributed by atoms with Crippen LogP contribution < -0.4 is 4.90 Å². The SMILES string of the molecule is Cc1oc2ccc(N3CCCC3c3ccccc3)cc2c1C(=O)O. The van der Waals surface area contributed by atoms with E-state index < -0.39 is 5.97 Å². The van der Waals surface area contributed by atoms with Crippen LogP contribution in [0.25, 0.3) is 11.0 Å². The van der Waals surface area contributed by atoms with Gasteiger partial charge in [0.2, 0.25) is 0 Å². The molecule has 4 rings (SSSR count). The van der Waals surface area contributed by atoms with Crippen molar-refractivity contribution in [3.8, 4) is 0 Å². The lowest BCUT2D eigenvalue weighted by Gasteiger charge is -2.27. The fourth-order valence-electron chi connectivity index (χ4n) is 3.75. The third kappa shape index (κ3) is 2.35. The average molecular weight is 321 g/mol. The quantitative estimate of drug-likeness (QED) is 0.754. The van der Waals surface area contributed by atoms with Gasteiger partial charge < -0.3 is 14.4 Å². The Hall–Kier alpha value is -2.75. The molecule has 0 spiro atoms. The van der Waals surface area contributed by atoms with E-state index in [1.54, 1.807) is 6.92 Å². The van der Waals surface area contributed by atoms with Gasteiger partial charge in [-0.1, -0.05) is 30.3 Å². The Labute approximate surface area is 140 Å². The van der Waals surface area contributed by atoms with Gasteiger partial charge in [-0.3, -0.25) is 0 Å². The van der Waals surface area contributed by atoms with Crippen LogP contribution in [0.5, 0.6) is 0 Å². The summed E-state index contributed by atoms with van der Waals surface area (Å²) in [6.45, 7) is 2.68. The molecule has 1 aliphatic heterocycles. The average Bonchev–Trinajstić information content (AvgIpc) is 3.18. The molecule has 4 heteroatoms. The number of carbonyl (C=O) groups is 1. The minimum absolute atomic E-state index is 0.266. The van der Waals surface area contributed by atoms with Crippen LogP contribution in [0.15, 0.2) is 52.9 Å². The van der Waals surface area contributed by atoms with E-state index in [0.29, 0.717) is 22.8 Å². The second-order valence-electron chi connectivity index (χ2n) is 6.28. The smallest absolute Gasteiger partial charge is 0.339 e. The van der Waals surface area contributed by atoms with Gasteiger partial charge in [-0.2, -0.15) is 0 Å². The lowest BCUT2D eigenvalue weighted by atomic mass is 10.0. The normalized spacial score (nSPS) is 17.5. The molecule has 1 N–H and O–H groups in total. The minimum Gasteiger partial charge on any atom is -0.478 e. The number of hydrogen-bond acceptors (Lipinski definition) is 3. The molecule has 0 radical (unpaired) electrons. The van der Waals surface area contributed by atoms with E-state index in [2.05, 4.69) is 29.2 Å². The van der Waals surface area contributed by atoms with Gasteiger partial charge in [-0.15, -0.1) is 0 Å². The number of aromatic carboxylic acids is 1. The number of carboxylic acid groups (broad SMARTS) is 1. The van der Waals surface area contributed by atoms with E-state index in [0.717, 1.165) is 25.1 Å². The summed E-state index contributed by atoms with van der Waals surface area (Å²) in [4.78, 5) is 13.9. The van der Waals surface area contributed by atoms with E-state index in [4.69, 9.17) is 4.42 Å². The topological polar surface area (TPSA) is 53.7 Å². The summed E-state index contributed by atoms with van der Waals surface area (Å²) in [5.74, 6) is -0.486. The number of rotatable bonds is 3. The van der Waals surface area contributed by atoms with Gasteiger partial charge in [0.25, 0.3) is 0 Å². The number of nitrogens with zero attached hydrogens (tertiary/aromatic N) is 1. The summed E-state index contributed by atoms with van der Waals surface area (Å²) in [5.41, 5.74) is 3.25. The largest absolute Gasteiger partial charge is 0.478 e. The zero-order chi connectivity index (χ0) is 16.7. The molecule has 0 amide bonds. The number of anilines is 1. The van der Waals surface area contributed by atoms with Crippen molar-refractivity contribution < 1.29 is 14.3 Å². The molecule has 0 saturated carbocycles. The van der Waals surface area contributed by atoms with Crippen LogP contribution in [0, 0.1) is 6.92 Å². The molecule has 0 bridgehead atoms. The van der Waals surface area contributed by atoms with Crippen LogP contribution in [0.4, 0.5) is 5.69 Å². The summed E-state index contributed by atoms with van der Waals surface area (Å²) in [7, 11) is 0. The van der Waals surface area contributed by atoms with Gasteiger partial charge >= 0.3 is 5.97 Å². The van der Waals surface area contributed by atoms with Crippen LogP contribution >= 0.6 is 0 Å². The molecule has 1 aliphatic rings. The van der Waals surface area contributed by atoms with Crippen molar-refractivity contribution in [2.24, 2.45) is 0 Å². The highest BCUT2D eigenvalue weighted by molar-refractivity contribution is 6.04. The molecule has 1 aromatic heterocycles. The fraction of sp³-hybridized carbons (Fsp3) is 0.250. The monoisotopic (exact) mass is 321 g/mol. The second kappa shape index (κ2) is 5.71. The third-order valence-electron chi connectivity index (χ3n) is 4.83. The predicted molar refractivity (Wildman–Crippen MR) is 93.7 cm³/mol. The highest BCUT2D eigenvalue weighted by Gasteiger charge is 2.27. The van der Waals surface area contributed by atoms with E-state index in [1.807, 2.05) is 24.3 Å². The highest BCUT2D eigenvalue weighted by atomic mass is 16.4. The molecule has 4 nitrogen and oxygen atoms in total. The molecule has 2 aromatic carbocycles. The van der Waals surface area contributed by atoms with Crippen LogP contribution in [-0.2, 0) is 0 Å². The van der Waals surface area contributed by atoms with Crippen molar-refractivity contribution in [2.75, 3.05) is 11.4 Å². The Morgan fingerprint density at radius 2 is 2.00 bits per heavy atom. The first-order valence-corrected chi connectivity index (χ1v) is 8.23. The second-order valence-corrected chi connectivity index (χ2v) is 6.28. The number of aryl methyl sites for hydroxylation is 1. The van der Waals surface area contributed by atoms with Gasteiger partial charge in [-0.05, 0) is 43.5 Å². The number of carboxylic acids is 1. The van der Waals surface area contributed by atoms with Crippen molar-refractivity contribution >= 4 is 22.6 Å². The molecular weight excluding hydrogens is 302 g/mol. The standard InChI is InChI=1S/C20H19NO3/c1-13-19(20(22)23)16-12-15(9-10-18(16)24-13)21-11-5-8-17(21)14-6-3-2-4-7-14/h2-4,6-7,9-10,12,17H,5,8,11H2,1H3,(H,22,23). The number of hydrogen-bond donors (Lipinski definition) is 1. The molecule has 1 saturated heterocycles. The van der Waals surface area contributed by atoms with Crippen molar-refractivity contribution in [1.82, 2.24) is 0 Å². The van der Waals surface area contributed by atoms with Crippen molar-refractivity contribution in [2.45, 2.75) is 25.8 Å². The highest BCUT2D eigenvalue weighted by Crippen LogP contribution is 2.38. The molecule has 0 aliphatic carbocycles. The van der Waals surface area contributed by atoms with Gasteiger partial charge in [0, 0.05) is 17.6 Å². The zero-order valence-electron chi connectivity index (χ0n) is 13.5. The van der Waals surface area contributed by atoms with Gasteiger partial charge in [0.1, 0.15) is 16.9 Å². The van der Waals surface area contributed by atoms with E-state index in [-0.39, 0.29) is 5.56 Å². The first-order chi connectivity index (χ1) is 11.6. The first kappa shape index (κ1) is 14.8. The maximum atomic E-state index is 11.5. The van der Waals surface area contributed by atoms with Crippen LogP contribution in [0.3, 0.4) is 0 Å². The number of furan rings is 1. The summed E-state index contributed by atoms with van der Waals surface area (Å²) >= 11 is 0. The fourth-order valence-corrected chi connectivity index (χ4v) is 3.75. The Morgan fingerprint density at radius 3 is 2.75 bits per heavy atom. The summed E-state index contributed by atoms with van der Waals surface area (Å²) in [6, 6.07) is 16.7. The number of fused-ring (bicyclic) bond motifs is 1. The van der Waals surface area contributed by atoms with Crippen LogP contribution in [0.1, 0.15) is 40.6 Å². The first-order valence-electron chi connectivity index (χ1n) is 8.23. The maximum Gasteiger partial charge on any atom is 0.339 e. The van der Waals surface area contributed by atoms with Gasteiger partial charge in [0.15, 0.2) is 0 Å². The zero-order valence-corrected chi connectivity index (χ0v) is 13.5. The molecule has 2 heterocycles. The molecule has 1 atom stereocenters. The summed E-state index contributed by atoms with van der Waals surface area (Å²) in [5, 5.41) is 10.1. The molecule has 3 aromatic rings. The molecule has 1 fully saturated rings.